The maximum absolute atomic E-state index is 12.4. The highest BCUT2D eigenvalue weighted by molar-refractivity contribution is 7.97. The van der Waals surface area contributed by atoms with Gasteiger partial charge in [0.25, 0.3) is 0 Å². The molecule has 0 spiro atoms. The first-order valence-electron chi connectivity index (χ1n) is 10.9. The minimum Gasteiger partial charge on any atom is -0.368 e. The molecule has 2 heterocycles. The number of pyridine rings is 1. The van der Waals surface area contributed by atoms with E-state index in [0.717, 1.165) is 31.9 Å². The second-order valence-electron chi connectivity index (χ2n) is 7.78. The smallest absolute Gasteiger partial charge is 0.225 e. The number of nitrogens with zero attached hydrogens (tertiary/aromatic N) is 4. The van der Waals surface area contributed by atoms with Crippen molar-refractivity contribution in [2.45, 2.75) is 11.3 Å². The number of nitrogens with one attached hydrogen (secondary N) is 1. The molecule has 4 rings (SSSR count). The van der Waals surface area contributed by atoms with Gasteiger partial charge >= 0.3 is 0 Å². The number of amides is 1. The third-order valence-electron chi connectivity index (χ3n) is 5.48. The summed E-state index contributed by atoms with van der Waals surface area (Å²) in [6.07, 6.45) is 4.14. The lowest BCUT2D eigenvalue weighted by Crippen LogP contribution is -2.46. The Balaban J connectivity index is 1.21. The van der Waals surface area contributed by atoms with Gasteiger partial charge in [-0.1, -0.05) is 18.2 Å². The number of anilines is 3. The highest BCUT2D eigenvalue weighted by atomic mass is 32.2. The van der Waals surface area contributed by atoms with Gasteiger partial charge in [0, 0.05) is 73.5 Å². The van der Waals surface area contributed by atoms with Crippen LogP contribution < -0.4 is 15.1 Å². The van der Waals surface area contributed by atoms with Crippen molar-refractivity contribution in [3.05, 3.63) is 79.1 Å². The van der Waals surface area contributed by atoms with Crippen LogP contribution in [0.3, 0.4) is 0 Å². The average molecular weight is 448 g/mol. The van der Waals surface area contributed by atoms with Gasteiger partial charge in [-0.15, -0.1) is 0 Å². The number of carbonyl (C=O) groups is 1. The van der Waals surface area contributed by atoms with E-state index in [2.05, 4.69) is 60.8 Å². The molecule has 1 aromatic heterocycles. The van der Waals surface area contributed by atoms with Gasteiger partial charge in [-0.3, -0.25) is 9.78 Å². The summed E-state index contributed by atoms with van der Waals surface area (Å²) in [4.78, 5) is 22.4. The Morgan fingerprint density at radius 1 is 0.906 bits per heavy atom. The first kappa shape index (κ1) is 22.2. The Morgan fingerprint density at radius 3 is 2.12 bits per heavy atom. The number of piperazine rings is 1. The molecular formula is C25H29N5OS. The fourth-order valence-corrected chi connectivity index (χ4v) is 4.54. The molecule has 166 valence electrons. The van der Waals surface area contributed by atoms with Crippen LogP contribution in [-0.4, -0.2) is 55.0 Å². The van der Waals surface area contributed by atoms with E-state index in [1.165, 1.54) is 16.3 Å². The molecule has 1 saturated heterocycles. The van der Waals surface area contributed by atoms with Crippen LogP contribution in [0.25, 0.3) is 0 Å². The zero-order chi connectivity index (χ0) is 22.2. The fourth-order valence-electron chi connectivity index (χ4n) is 3.72. The molecule has 1 fully saturated rings. The van der Waals surface area contributed by atoms with Crippen LogP contribution in [0, 0.1) is 0 Å². The quantitative estimate of drug-likeness (QED) is 0.518. The topological polar surface area (TPSA) is 51.7 Å². The summed E-state index contributed by atoms with van der Waals surface area (Å²) in [5.41, 5.74) is 3.26. The predicted octanol–water partition coefficient (Wildman–Crippen LogP) is 4.38. The lowest BCUT2D eigenvalue weighted by atomic mass is 10.2. The SMILES string of the molecule is CN(CCC(=O)Nc1ccc(N2CCN(c3ccncc3)CC2)cc1)Sc1ccccc1. The van der Waals surface area contributed by atoms with Gasteiger partial charge in [0.1, 0.15) is 0 Å². The summed E-state index contributed by atoms with van der Waals surface area (Å²) >= 11 is 1.65. The first-order chi connectivity index (χ1) is 15.7. The van der Waals surface area contributed by atoms with Gasteiger partial charge in [0.15, 0.2) is 0 Å². The van der Waals surface area contributed by atoms with E-state index in [-0.39, 0.29) is 5.91 Å². The summed E-state index contributed by atoms with van der Waals surface area (Å²) in [7, 11) is 2.01. The highest BCUT2D eigenvalue weighted by Gasteiger charge is 2.17. The van der Waals surface area contributed by atoms with E-state index < -0.39 is 0 Å². The van der Waals surface area contributed by atoms with E-state index in [0.29, 0.717) is 13.0 Å². The van der Waals surface area contributed by atoms with Crippen LogP contribution in [0.5, 0.6) is 0 Å². The van der Waals surface area contributed by atoms with Crippen molar-refractivity contribution in [3.8, 4) is 0 Å². The standard InChI is InChI=1S/C25H29N5OS/c1-28(32-24-5-3-2-4-6-24)16-13-25(31)27-21-7-9-22(10-8-21)29-17-19-30(20-18-29)23-11-14-26-15-12-23/h2-12,14-15H,13,16-20H2,1H3,(H,27,31). The van der Waals surface area contributed by atoms with Crippen molar-refractivity contribution in [2.24, 2.45) is 0 Å². The van der Waals surface area contributed by atoms with Crippen LogP contribution >= 0.6 is 11.9 Å². The maximum Gasteiger partial charge on any atom is 0.225 e. The van der Waals surface area contributed by atoms with Crippen molar-refractivity contribution in [3.63, 3.8) is 0 Å². The number of hydrogen-bond donors (Lipinski definition) is 1. The van der Waals surface area contributed by atoms with Crippen LogP contribution in [-0.2, 0) is 4.79 Å². The molecule has 1 aliphatic rings. The third-order valence-corrected chi connectivity index (χ3v) is 6.46. The van der Waals surface area contributed by atoms with Crippen LogP contribution in [0.15, 0.2) is 84.0 Å². The van der Waals surface area contributed by atoms with E-state index >= 15 is 0 Å². The Kier molecular flexibility index (Phi) is 7.64. The molecule has 0 aliphatic carbocycles. The summed E-state index contributed by atoms with van der Waals surface area (Å²) in [5, 5.41) is 3.01. The zero-order valence-electron chi connectivity index (χ0n) is 18.4. The molecule has 6 nitrogen and oxygen atoms in total. The molecule has 32 heavy (non-hydrogen) atoms. The van der Waals surface area contributed by atoms with Gasteiger partial charge in [-0.05, 0) is 67.5 Å². The van der Waals surface area contributed by atoms with E-state index in [1.54, 1.807) is 11.9 Å². The average Bonchev–Trinajstić information content (AvgIpc) is 2.85. The van der Waals surface area contributed by atoms with Gasteiger partial charge < -0.3 is 15.1 Å². The van der Waals surface area contributed by atoms with E-state index in [9.17, 15) is 4.79 Å². The van der Waals surface area contributed by atoms with Gasteiger partial charge in [0.2, 0.25) is 5.91 Å². The van der Waals surface area contributed by atoms with Gasteiger partial charge in [-0.2, -0.15) is 0 Å². The summed E-state index contributed by atoms with van der Waals surface area (Å²) < 4.78 is 2.09. The van der Waals surface area contributed by atoms with Gasteiger partial charge in [-0.25, -0.2) is 4.31 Å². The molecule has 0 radical (unpaired) electrons. The molecule has 0 unspecified atom stereocenters. The molecule has 1 amide bonds. The molecule has 3 aromatic rings. The lowest BCUT2D eigenvalue weighted by molar-refractivity contribution is -0.116. The van der Waals surface area contributed by atoms with Gasteiger partial charge in [0.05, 0.1) is 0 Å². The third kappa shape index (κ3) is 6.24. The minimum absolute atomic E-state index is 0.0317. The first-order valence-corrected chi connectivity index (χ1v) is 11.7. The Hall–Kier alpha value is -3.03. The number of aromatic nitrogens is 1. The summed E-state index contributed by atoms with van der Waals surface area (Å²) in [6.45, 7) is 4.60. The second-order valence-corrected chi connectivity index (χ2v) is 9.06. The van der Waals surface area contributed by atoms with Crippen LogP contribution in [0.1, 0.15) is 6.42 Å². The number of benzene rings is 2. The van der Waals surface area contributed by atoms with Crippen LogP contribution in [0.4, 0.5) is 17.1 Å². The fraction of sp³-hybridized carbons (Fsp3) is 0.280. The molecular weight excluding hydrogens is 418 g/mol. The second kappa shape index (κ2) is 11.0. The van der Waals surface area contributed by atoms with Crippen LogP contribution in [0.2, 0.25) is 0 Å². The Labute approximate surface area is 194 Å². The van der Waals surface area contributed by atoms with E-state index in [1.807, 2.05) is 49.8 Å². The summed E-state index contributed by atoms with van der Waals surface area (Å²) in [6, 6.07) is 22.5. The minimum atomic E-state index is 0.0317. The molecule has 2 aromatic carbocycles. The Morgan fingerprint density at radius 2 is 1.50 bits per heavy atom. The maximum atomic E-state index is 12.4. The van der Waals surface area contributed by atoms with Crippen molar-refractivity contribution in [2.75, 3.05) is 54.9 Å². The Bertz CT molecular complexity index is 976. The van der Waals surface area contributed by atoms with Crippen molar-refractivity contribution in [1.82, 2.24) is 9.29 Å². The van der Waals surface area contributed by atoms with Crippen molar-refractivity contribution in [1.29, 1.82) is 0 Å². The number of hydrogen-bond acceptors (Lipinski definition) is 6. The molecule has 1 N–H and O–H groups in total. The zero-order valence-corrected chi connectivity index (χ0v) is 19.2. The summed E-state index contributed by atoms with van der Waals surface area (Å²) in [5.74, 6) is 0.0317. The van der Waals surface area contributed by atoms with E-state index in [4.69, 9.17) is 0 Å². The molecule has 0 saturated carbocycles. The normalized spacial score (nSPS) is 13.9. The molecule has 7 heteroatoms. The molecule has 1 aliphatic heterocycles. The molecule has 0 bridgehead atoms. The van der Waals surface area contributed by atoms with Crippen molar-refractivity contribution < 1.29 is 4.79 Å². The predicted molar refractivity (Wildman–Crippen MR) is 133 cm³/mol. The van der Waals surface area contributed by atoms with Crippen molar-refractivity contribution >= 4 is 34.9 Å². The molecule has 0 atom stereocenters. The number of carbonyl (C=O) groups excluding carboxylic acids is 1. The monoisotopic (exact) mass is 447 g/mol. The highest BCUT2D eigenvalue weighted by Crippen LogP contribution is 2.23. The number of rotatable bonds is 8. The lowest BCUT2D eigenvalue weighted by Gasteiger charge is -2.37. The largest absolute Gasteiger partial charge is 0.368 e.